The van der Waals surface area contributed by atoms with Crippen LogP contribution in [0.15, 0.2) is 273 Å². The maximum Gasteiger partial charge on any atom is 0.0620 e. The second-order valence-electron chi connectivity index (χ2n) is 18.6. The molecular formula is C68H45N3. The summed E-state index contributed by atoms with van der Waals surface area (Å²) >= 11 is 0. The van der Waals surface area contributed by atoms with Crippen molar-refractivity contribution < 1.29 is 0 Å². The quantitative estimate of drug-likeness (QED) is 0.143. The maximum atomic E-state index is 2.54. The van der Waals surface area contributed by atoms with E-state index in [1.807, 2.05) is 0 Å². The Balaban J connectivity index is 0.978. The second-order valence-corrected chi connectivity index (χ2v) is 18.6. The van der Waals surface area contributed by atoms with E-state index in [4.69, 9.17) is 0 Å². The summed E-state index contributed by atoms with van der Waals surface area (Å²) in [5, 5.41) is 9.82. The molecule has 2 heterocycles. The van der Waals surface area contributed by atoms with E-state index in [1.54, 1.807) is 0 Å². The largest absolute Gasteiger partial charge is 0.310 e. The SMILES string of the molecule is c1ccc(-c2cccc(N(c3ccccc3)c3ccc4cc5c6cc(-c7ccccc7)cc7c8cc9ccc(N(c%10ccccc%10)c%10cccc(-c%11ccccc%11)c%10)cc9cc8n(c5cc4c3)c67)c2)cc1. The zero-order chi connectivity index (χ0) is 46.8. The first-order valence-corrected chi connectivity index (χ1v) is 24.4. The lowest BCUT2D eigenvalue weighted by atomic mass is 9.97. The number of hydrogen-bond donors (Lipinski definition) is 0. The predicted octanol–water partition coefficient (Wildman–Crippen LogP) is 19.1. The van der Waals surface area contributed by atoms with E-state index < -0.39 is 0 Å². The first kappa shape index (κ1) is 40.6. The summed E-state index contributed by atoms with van der Waals surface area (Å²) in [6, 6.07) is 99.7. The van der Waals surface area contributed by atoms with E-state index in [1.165, 1.54) is 93.0 Å². The summed E-state index contributed by atoms with van der Waals surface area (Å²) in [5.41, 5.74) is 17.5. The number of fused-ring (bicyclic) bond motifs is 8. The molecule has 14 rings (SSSR count). The zero-order valence-corrected chi connectivity index (χ0v) is 38.8. The molecule has 0 aliphatic rings. The van der Waals surface area contributed by atoms with Crippen molar-refractivity contribution in [1.29, 1.82) is 0 Å². The van der Waals surface area contributed by atoms with Crippen LogP contribution in [0, 0.1) is 0 Å². The summed E-state index contributed by atoms with van der Waals surface area (Å²) in [4.78, 5) is 4.76. The number of benzene rings is 12. The van der Waals surface area contributed by atoms with Crippen LogP contribution >= 0.6 is 0 Å². The van der Waals surface area contributed by atoms with E-state index in [9.17, 15) is 0 Å². The molecule has 0 fully saturated rings. The van der Waals surface area contributed by atoms with Crippen molar-refractivity contribution in [3.05, 3.63) is 273 Å². The Labute approximate surface area is 412 Å². The van der Waals surface area contributed by atoms with Crippen molar-refractivity contribution in [2.45, 2.75) is 0 Å². The first-order valence-electron chi connectivity index (χ1n) is 24.4. The van der Waals surface area contributed by atoms with Crippen LogP contribution < -0.4 is 9.80 Å². The Kier molecular flexibility index (Phi) is 9.53. The molecule has 0 spiro atoms. The average Bonchev–Trinajstić information content (AvgIpc) is 3.93. The highest BCUT2D eigenvalue weighted by Crippen LogP contribution is 2.46. The van der Waals surface area contributed by atoms with Crippen molar-refractivity contribution in [1.82, 2.24) is 4.40 Å². The van der Waals surface area contributed by atoms with Gasteiger partial charge in [0.25, 0.3) is 0 Å². The van der Waals surface area contributed by atoms with Gasteiger partial charge in [-0.05, 0) is 164 Å². The third-order valence-corrected chi connectivity index (χ3v) is 14.3. The minimum Gasteiger partial charge on any atom is -0.310 e. The minimum absolute atomic E-state index is 1.11. The number of hydrogen-bond acceptors (Lipinski definition) is 2. The lowest BCUT2D eigenvalue weighted by molar-refractivity contribution is 1.29. The van der Waals surface area contributed by atoms with Crippen molar-refractivity contribution in [2.24, 2.45) is 0 Å². The summed E-state index contributed by atoms with van der Waals surface area (Å²) in [6.45, 7) is 0. The first-order chi connectivity index (χ1) is 35.2. The molecule has 0 aliphatic heterocycles. The van der Waals surface area contributed by atoms with E-state index >= 15 is 0 Å². The van der Waals surface area contributed by atoms with Gasteiger partial charge >= 0.3 is 0 Å². The molecule has 0 aliphatic carbocycles. The molecule has 0 N–H and O–H groups in total. The molecule has 0 bridgehead atoms. The Bertz CT molecular complexity index is 4010. The maximum absolute atomic E-state index is 2.54. The summed E-state index contributed by atoms with van der Waals surface area (Å²) in [5.74, 6) is 0. The predicted molar refractivity (Wildman–Crippen MR) is 302 cm³/mol. The number of aromatic nitrogens is 1. The minimum atomic E-state index is 1.11. The fourth-order valence-corrected chi connectivity index (χ4v) is 11.0. The van der Waals surface area contributed by atoms with Crippen LogP contribution in [0.4, 0.5) is 34.1 Å². The van der Waals surface area contributed by atoms with Crippen LogP contribution in [-0.2, 0) is 0 Å². The molecule has 0 saturated carbocycles. The second kappa shape index (κ2) is 16.7. The van der Waals surface area contributed by atoms with Gasteiger partial charge in [-0.3, -0.25) is 0 Å². The molecule has 0 unspecified atom stereocenters. The van der Waals surface area contributed by atoms with Gasteiger partial charge in [-0.15, -0.1) is 0 Å². The number of rotatable bonds is 9. The Hall–Kier alpha value is -9.44. The third kappa shape index (κ3) is 6.97. The average molecular weight is 904 g/mol. The van der Waals surface area contributed by atoms with Gasteiger partial charge in [-0.2, -0.15) is 0 Å². The summed E-state index contributed by atoms with van der Waals surface area (Å²) in [6.07, 6.45) is 0. The van der Waals surface area contributed by atoms with Crippen LogP contribution in [0.5, 0.6) is 0 Å². The van der Waals surface area contributed by atoms with Gasteiger partial charge in [0.2, 0.25) is 0 Å². The van der Waals surface area contributed by atoms with E-state index in [2.05, 4.69) is 287 Å². The zero-order valence-electron chi connectivity index (χ0n) is 38.8. The molecule has 3 nitrogen and oxygen atoms in total. The van der Waals surface area contributed by atoms with Crippen molar-refractivity contribution in [2.75, 3.05) is 9.80 Å². The smallest absolute Gasteiger partial charge is 0.0620 e. The molecule has 14 aromatic rings. The van der Waals surface area contributed by atoms with Crippen LogP contribution in [0.25, 0.3) is 93.0 Å². The standard InChI is InChI=1S/C68H45N3/c1-6-18-46(19-7-1)49-24-16-30-58(36-49)69(56-26-12-4-13-27-56)60-34-32-51-40-62-64-42-55(48-22-10-3-11-23-48)43-65-63-41-52-33-35-61(39-54(52)45-67(63)71(68(64)65)66(62)44-53(51)38-60)70(57-28-14-5-15-29-57)59-31-17-25-50(37-59)47-20-8-2-9-21-47/h1-45H. The fourth-order valence-electron chi connectivity index (χ4n) is 11.0. The molecule has 3 heteroatoms. The van der Waals surface area contributed by atoms with Crippen molar-refractivity contribution in [3.8, 4) is 33.4 Å². The molecule has 0 saturated heterocycles. The van der Waals surface area contributed by atoms with Crippen LogP contribution in [0.3, 0.4) is 0 Å². The van der Waals surface area contributed by atoms with E-state index in [0.29, 0.717) is 0 Å². The normalized spacial score (nSPS) is 11.7. The van der Waals surface area contributed by atoms with Crippen LogP contribution in [0.1, 0.15) is 0 Å². The van der Waals surface area contributed by atoms with Gasteiger partial charge in [-0.25, -0.2) is 0 Å². The highest BCUT2D eigenvalue weighted by atomic mass is 15.1. The van der Waals surface area contributed by atoms with E-state index in [0.717, 1.165) is 34.1 Å². The van der Waals surface area contributed by atoms with Gasteiger partial charge in [0.1, 0.15) is 0 Å². The van der Waals surface area contributed by atoms with Crippen LogP contribution in [0.2, 0.25) is 0 Å². The Morgan fingerprint density at radius 2 is 0.563 bits per heavy atom. The highest BCUT2D eigenvalue weighted by molar-refractivity contribution is 6.27. The van der Waals surface area contributed by atoms with Gasteiger partial charge in [0.15, 0.2) is 0 Å². The molecule has 332 valence electrons. The molecule has 0 radical (unpaired) electrons. The number of nitrogens with zero attached hydrogens (tertiary/aromatic N) is 3. The van der Waals surface area contributed by atoms with Gasteiger partial charge in [0, 0.05) is 55.7 Å². The lowest BCUT2D eigenvalue weighted by Crippen LogP contribution is -2.09. The number of anilines is 6. The molecule has 0 amide bonds. The Morgan fingerprint density at radius 3 is 0.986 bits per heavy atom. The van der Waals surface area contributed by atoms with Gasteiger partial charge in [0.05, 0.1) is 16.6 Å². The highest BCUT2D eigenvalue weighted by Gasteiger charge is 2.22. The monoisotopic (exact) mass is 903 g/mol. The van der Waals surface area contributed by atoms with Crippen molar-refractivity contribution in [3.63, 3.8) is 0 Å². The van der Waals surface area contributed by atoms with Crippen LogP contribution in [-0.4, -0.2) is 4.40 Å². The topological polar surface area (TPSA) is 10.9 Å². The summed E-state index contributed by atoms with van der Waals surface area (Å²) < 4.78 is 2.54. The fraction of sp³-hybridized carbons (Fsp3) is 0. The van der Waals surface area contributed by atoms with Gasteiger partial charge in [-0.1, -0.05) is 164 Å². The van der Waals surface area contributed by atoms with E-state index in [-0.39, 0.29) is 0 Å². The Morgan fingerprint density at radius 1 is 0.211 bits per heavy atom. The summed E-state index contributed by atoms with van der Waals surface area (Å²) in [7, 11) is 0. The lowest BCUT2D eigenvalue weighted by Gasteiger charge is -2.26. The molecular weight excluding hydrogens is 859 g/mol. The molecule has 71 heavy (non-hydrogen) atoms. The molecule has 12 aromatic carbocycles. The number of para-hydroxylation sites is 2. The van der Waals surface area contributed by atoms with Gasteiger partial charge < -0.3 is 14.2 Å². The molecule has 2 aromatic heterocycles. The van der Waals surface area contributed by atoms with Crippen molar-refractivity contribution >= 4 is 93.8 Å². The third-order valence-electron chi connectivity index (χ3n) is 14.3. The molecule has 0 atom stereocenters.